The van der Waals surface area contributed by atoms with Gasteiger partial charge in [0.25, 0.3) is 10.0 Å². The fourth-order valence-electron chi connectivity index (χ4n) is 1.93. The molecule has 0 saturated carbocycles. The molecule has 0 radical (unpaired) electrons. The molecule has 1 fully saturated rings. The predicted molar refractivity (Wildman–Crippen MR) is 66.5 cm³/mol. The Labute approximate surface area is 111 Å². The highest BCUT2D eigenvalue weighted by Gasteiger charge is 2.38. The first-order valence-electron chi connectivity index (χ1n) is 5.62. The van der Waals surface area contributed by atoms with E-state index in [0.717, 1.165) is 10.7 Å². The highest BCUT2D eigenvalue weighted by atomic mass is 35.5. The molecule has 0 aliphatic carbocycles. The van der Waals surface area contributed by atoms with Gasteiger partial charge in [0.1, 0.15) is 4.90 Å². The highest BCUT2D eigenvalue weighted by molar-refractivity contribution is 7.89. The van der Waals surface area contributed by atoms with Crippen LogP contribution in [0.2, 0.25) is 5.02 Å². The summed E-state index contributed by atoms with van der Waals surface area (Å²) in [6.45, 7) is 2.16. The normalized spacial score (nSPS) is 20.4. The number of rotatable bonds is 3. The molecule has 1 atom stereocenters. The van der Waals surface area contributed by atoms with Gasteiger partial charge in [0.15, 0.2) is 0 Å². The lowest BCUT2D eigenvalue weighted by Crippen LogP contribution is -2.32. The van der Waals surface area contributed by atoms with Crippen LogP contribution in [-0.4, -0.2) is 30.2 Å². The van der Waals surface area contributed by atoms with Crippen molar-refractivity contribution in [2.45, 2.75) is 24.7 Å². The van der Waals surface area contributed by atoms with Crippen molar-refractivity contribution >= 4 is 27.5 Å². The summed E-state index contributed by atoms with van der Waals surface area (Å²) in [5.74, 6) is -0.288. The van der Waals surface area contributed by atoms with E-state index >= 15 is 0 Å². The summed E-state index contributed by atoms with van der Waals surface area (Å²) in [5, 5.41) is 0.0812. The van der Waals surface area contributed by atoms with E-state index < -0.39 is 10.0 Å². The molecule has 0 spiro atoms. The monoisotopic (exact) mass is 288 g/mol. The average molecular weight is 289 g/mol. The Balaban J connectivity index is 2.39. The number of sulfonamides is 1. The first-order valence-corrected chi connectivity index (χ1v) is 7.43. The van der Waals surface area contributed by atoms with Gasteiger partial charge in [-0.15, -0.1) is 0 Å². The maximum absolute atomic E-state index is 12.3. The largest absolute Gasteiger partial charge is 0.274 e. The lowest BCUT2D eigenvalue weighted by Gasteiger charge is -2.17. The number of nitrogens with zero attached hydrogens (tertiary/aromatic N) is 2. The molecule has 1 aromatic rings. The van der Waals surface area contributed by atoms with Crippen LogP contribution in [0.25, 0.3) is 0 Å². The van der Waals surface area contributed by atoms with Crippen LogP contribution >= 0.6 is 11.6 Å². The highest BCUT2D eigenvalue weighted by Crippen LogP contribution is 2.29. The van der Waals surface area contributed by atoms with Crippen LogP contribution in [0.4, 0.5) is 0 Å². The summed E-state index contributed by atoms with van der Waals surface area (Å²) in [4.78, 5) is 15.4. The summed E-state index contributed by atoms with van der Waals surface area (Å²) in [6.07, 6.45) is 3.62. The van der Waals surface area contributed by atoms with Gasteiger partial charge in [0, 0.05) is 25.4 Å². The number of aromatic nitrogens is 1. The van der Waals surface area contributed by atoms with Gasteiger partial charge in [-0.3, -0.25) is 9.78 Å². The molecule has 2 rings (SSSR count). The van der Waals surface area contributed by atoms with E-state index in [1.54, 1.807) is 0 Å². The van der Waals surface area contributed by atoms with Crippen LogP contribution in [0.3, 0.4) is 0 Å². The topological polar surface area (TPSA) is 67.3 Å². The minimum atomic E-state index is -3.87. The Morgan fingerprint density at radius 3 is 2.83 bits per heavy atom. The summed E-state index contributed by atoms with van der Waals surface area (Å²) >= 11 is 5.85. The summed E-state index contributed by atoms with van der Waals surface area (Å²) in [5.41, 5.74) is 0. The first-order chi connectivity index (χ1) is 8.46. The van der Waals surface area contributed by atoms with Crippen LogP contribution in [0, 0.1) is 5.92 Å². The van der Waals surface area contributed by atoms with Crippen molar-refractivity contribution in [1.82, 2.24) is 9.29 Å². The molecular weight excluding hydrogens is 276 g/mol. The molecule has 1 amide bonds. The lowest BCUT2D eigenvalue weighted by atomic mass is 10.1. The van der Waals surface area contributed by atoms with Gasteiger partial charge in [0.2, 0.25) is 5.91 Å². The Bertz CT molecular complexity index is 573. The minimum Gasteiger partial charge on any atom is -0.274 e. The lowest BCUT2D eigenvalue weighted by molar-refractivity contribution is -0.123. The maximum Gasteiger partial charge on any atom is 0.269 e. The molecule has 98 valence electrons. The Hall–Kier alpha value is -1.14. The second kappa shape index (κ2) is 4.85. The zero-order valence-corrected chi connectivity index (χ0v) is 11.4. The number of pyridine rings is 1. The molecule has 1 aliphatic rings. The van der Waals surface area contributed by atoms with E-state index in [9.17, 15) is 13.2 Å². The minimum absolute atomic E-state index is 0.0812. The Morgan fingerprint density at radius 2 is 2.28 bits per heavy atom. The quantitative estimate of drug-likeness (QED) is 0.849. The fourth-order valence-corrected chi connectivity index (χ4v) is 3.82. The molecular formula is C11H13ClN2O3S. The number of hydrogen-bond donors (Lipinski definition) is 0. The van der Waals surface area contributed by atoms with E-state index in [1.165, 1.54) is 18.5 Å². The number of carbonyl (C=O) groups excluding carboxylic acids is 1. The smallest absolute Gasteiger partial charge is 0.269 e. The van der Waals surface area contributed by atoms with E-state index in [0.29, 0.717) is 0 Å². The molecule has 2 heterocycles. The van der Waals surface area contributed by atoms with Gasteiger partial charge < -0.3 is 0 Å². The molecule has 0 N–H and O–H groups in total. The molecule has 1 unspecified atom stereocenters. The van der Waals surface area contributed by atoms with E-state index in [2.05, 4.69) is 4.98 Å². The molecule has 18 heavy (non-hydrogen) atoms. The van der Waals surface area contributed by atoms with Crippen molar-refractivity contribution in [3.05, 3.63) is 23.5 Å². The van der Waals surface area contributed by atoms with Crippen LogP contribution in [0.1, 0.15) is 19.8 Å². The van der Waals surface area contributed by atoms with Crippen molar-refractivity contribution in [3.63, 3.8) is 0 Å². The van der Waals surface area contributed by atoms with Crippen LogP contribution < -0.4 is 0 Å². The van der Waals surface area contributed by atoms with Gasteiger partial charge in [-0.2, -0.15) is 0 Å². The standard InChI is InChI=1S/C11H13ClN2O3S/c1-2-8-5-11(15)14(7-8)18(16,17)10-6-13-4-3-9(10)12/h3-4,6,8H,2,5,7H2,1H3. The molecule has 1 saturated heterocycles. The number of carbonyl (C=O) groups is 1. The second-order valence-electron chi connectivity index (χ2n) is 4.21. The van der Waals surface area contributed by atoms with E-state index in [1.807, 2.05) is 6.92 Å². The van der Waals surface area contributed by atoms with Crippen molar-refractivity contribution < 1.29 is 13.2 Å². The number of amides is 1. The molecule has 7 heteroatoms. The number of hydrogen-bond acceptors (Lipinski definition) is 4. The van der Waals surface area contributed by atoms with Crippen molar-refractivity contribution in [2.24, 2.45) is 5.92 Å². The molecule has 0 bridgehead atoms. The van der Waals surface area contributed by atoms with Gasteiger partial charge in [0.05, 0.1) is 5.02 Å². The van der Waals surface area contributed by atoms with Gasteiger partial charge >= 0.3 is 0 Å². The van der Waals surface area contributed by atoms with Crippen LogP contribution in [-0.2, 0) is 14.8 Å². The summed E-state index contributed by atoms with van der Waals surface area (Å²) in [6, 6.07) is 1.40. The zero-order valence-electron chi connectivity index (χ0n) is 9.84. The van der Waals surface area contributed by atoms with Gasteiger partial charge in [-0.05, 0) is 12.0 Å². The third-order valence-corrected chi connectivity index (χ3v) is 5.30. The summed E-state index contributed by atoms with van der Waals surface area (Å²) in [7, 11) is -3.87. The SMILES string of the molecule is CCC1CC(=O)N(S(=O)(=O)c2cnccc2Cl)C1. The molecule has 0 aromatic carbocycles. The number of halogens is 1. The summed E-state index contributed by atoms with van der Waals surface area (Å²) < 4.78 is 25.5. The van der Waals surface area contributed by atoms with E-state index in [-0.39, 0.29) is 34.7 Å². The zero-order chi connectivity index (χ0) is 13.3. The third-order valence-electron chi connectivity index (χ3n) is 3.04. The third kappa shape index (κ3) is 2.22. The van der Waals surface area contributed by atoms with Gasteiger partial charge in [-0.25, -0.2) is 12.7 Å². The van der Waals surface area contributed by atoms with Crippen molar-refractivity contribution in [2.75, 3.05) is 6.54 Å². The van der Waals surface area contributed by atoms with Gasteiger partial charge in [-0.1, -0.05) is 24.9 Å². The van der Waals surface area contributed by atoms with E-state index in [4.69, 9.17) is 11.6 Å². The Morgan fingerprint density at radius 1 is 1.56 bits per heavy atom. The molecule has 1 aliphatic heterocycles. The van der Waals surface area contributed by atoms with Crippen LogP contribution in [0.5, 0.6) is 0 Å². The van der Waals surface area contributed by atoms with Crippen LogP contribution in [0.15, 0.2) is 23.4 Å². The maximum atomic E-state index is 12.3. The van der Waals surface area contributed by atoms with Crippen molar-refractivity contribution in [3.8, 4) is 0 Å². The molecule has 5 nitrogen and oxygen atoms in total. The first kappa shape index (κ1) is 13.3. The van der Waals surface area contributed by atoms with Crippen molar-refractivity contribution in [1.29, 1.82) is 0 Å². The predicted octanol–water partition coefficient (Wildman–Crippen LogP) is 1.68. The second-order valence-corrected chi connectivity index (χ2v) is 6.45. The molecule has 1 aromatic heterocycles. The average Bonchev–Trinajstić information content (AvgIpc) is 2.71. The fraction of sp³-hybridized carbons (Fsp3) is 0.455. The Kier molecular flexibility index (Phi) is 3.59.